The van der Waals surface area contributed by atoms with Crippen LogP contribution >= 0.6 is 0 Å². The maximum atomic E-state index is 13.6. The zero-order valence-corrected chi connectivity index (χ0v) is 24.9. The van der Waals surface area contributed by atoms with E-state index in [1.807, 2.05) is 23.1 Å². The Balaban J connectivity index is 1.49. The molecule has 1 aliphatic heterocycles. The number of aliphatic imine (C=N–C) groups is 1. The molecule has 1 aliphatic carbocycles. The van der Waals surface area contributed by atoms with Crippen molar-refractivity contribution in [3.8, 4) is 11.1 Å². The quantitative estimate of drug-likeness (QED) is 0.301. The van der Waals surface area contributed by atoms with Crippen molar-refractivity contribution in [3.05, 3.63) is 64.9 Å². The van der Waals surface area contributed by atoms with Gasteiger partial charge in [-0.3, -0.25) is 19.4 Å². The van der Waals surface area contributed by atoms with E-state index in [1.54, 1.807) is 39.0 Å². The van der Waals surface area contributed by atoms with E-state index in [-0.39, 0.29) is 16.6 Å². The van der Waals surface area contributed by atoms with E-state index in [0.717, 1.165) is 56.3 Å². The van der Waals surface area contributed by atoms with E-state index in [0.29, 0.717) is 34.6 Å². The summed E-state index contributed by atoms with van der Waals surface area (Å²) >= 11 is 0. The molecule has 1 amide bonds. The summed E-state index contributed by atoms with van der Waals surface area (Å²) in [6, 6.07) is 12.3. The number of carbonyl (C=O) groups excluding carboxylic acids is 1. The van der Waals surface area contributed by atoms with Gasteiger partial charge in [-0.05, 0) is 62.8 Å². The Bertz CT molecular complexity index is 1590. The average molecular weight is 579 g/mol. The van der Waals surface area contributed by atoms with Crippen LogP contribution < -0.4 is 4.72 Å². The number of hydrogen-bond acceptors (Lipinski definition) is 7. The van der Waals surface area contributed by atoms with Crippen LogP contribution in [0.1, 0.15) is 87.3 Å². The van der Waals surface area contributed by atoms with Gasteiger partial charge in [-0.25, -0.2) is 8.42 Å². The Morgan fingerprint density at radius 3 is 2.51 bits per heavy atom. The van der Waals surface area contributed by atoms with Gasteiger partial charge in [0.15, 0.2) is 5.82 Å². The van der Waals surface area contributed by atoms with Gasteiger partial charge in [-0.2, -0.15) is 0 Å². The summed E-state index contributed by atoms with van der Waals surface area (Å²) < 4.78 is 34.7. The molecule has 2 aliphatic rings. The van der Waals surface area contributed by atoms with Gasteiger partial charge >= 0.3 is 0 Å². The Kier molecular flexibility index (Phi) is 8.07. The first-order valence-electron chi connectivity index (χ1n) is 14.3. The topological polar surface area (TPSA) is 125 Å². The molecule has 1 aromatic heterocycles. The lowest BCUT2D eigenvalue weighted by Crippen LogP contribution is -2.40. The third kappa shape index (κ3) is 5.55. The van der Waals surface area contributed by atoms with E-state index >= 15 is 0 Å². The molecular formula is C31H38N4O5S. The minimum absolute atomic E-state index is 0.0570. The van der Waals surface area contributed by atoms with Crippen LogP contribution in [0.15, 0.2) is 56.9 Å². The van der Waals surface area contributed by atoms with Crippen molar-refractivity contribution in [2.45, 2.75) is 95.7 Å². The van der Waals surface area contributed by atoms with E-state index in [4.69, 9.17) is 9.52 Å². The maximum Gasteiger partial charge on any atom is 0.263 e. The summed E-state index contributed by atoms with van der Waals surface area (Å²) in [4.78, 5) is 20.5. The summed E-state index contributed by atoms with van der Waals surface area (Å²) in [5, 5.41) is 14.7. The molecule has 41 heavy (non-hydrogen) atoms. The summed E-state index contributed by atoms with van der Waals surface area (Å²) in [7, 11) is -4.03. The summed E-state index contributed by atoms with van der Waals surface area (Å²) in [5.74, 6) is 1.59. The van der Waals surface area contributed by atoms with Crippen LogP contribution in [0, 0.1) is 13.8 Å². The highest BCUT2D eigenvalue weighted by Crippen LogP contribution is 2.41. The average Bonchev–Trinajstić information content (AvgIpc) is 3.63. The summed E-state index contributed by atoms with van der Waals surface area (Å²) in [6.45, 7) is 7.59. The molecule has 1 atom stereocenters. The fourth-order valence-corrected chi connectivity index (χ4v) is 7.08. The molecule has 1 spiro atoms. The number of nitrogens with one attached hydrogen (secondary N) is 1. The van der Waals surface area contributed by atoms with Crippen LogP contribution in [0.2, 0.25) is 0 Å². The number of sulfonamides is 1. The normalized spacial score (nSPS) is 17.3. The Labute approximate surface area is 241 Å². The molecule has 5 rings (SSSR count). The van der Waals surface area contributed by atoms with Crippen molar-refractivity contribution < 1.29 is 22.8 Å². The lowest BCUT2D eigenvalue weighted by molar-refractivity contribution is -0.131. The maximum absolute atomic E-state index is 13.6. The number of aliphatic hydroxyl groups is 1. The van der Waals surface area contributed by atoms with Crippen LogP contribution in [0.4, 0.5) is 5.82 Å². The molecule has 1 saturated carbocycles. The first-order valence-corrected chi connectivity index (χ1v) is 15.8. The number of amides is 1. The SMILES string of the molecule is CCCCC1=NC2(CCCC2)C(=O)N1Cc1ccc(-c2ccccc2S(=O)(=O)Nc2noc(C)c2C)c(C(C)O)c1. The van der Waals surface area contributed by atoms with Crippen LogP contribution in [-0.4, -0.2) is 40.9 Å². The molecule has 2 aromatic carbocycles. The number of benzene rings is 2. The number of nitrogens with zero attached hydrogens (tertiary/aromatic N) is 3. The van der Waals surface area contributed by atoms with Gasteiger partial charge in [0, 0.05) is 17.5 Å². The Morgan fingerprint density at radius 1 is 1.12 bits per heavy atom. The third-order valence-electron chi connectivity index (χ3n) is 8.24. The zero-order valence-electron chi connectivity index (χ0n) is 24.1. The van der Waals surface area contributed by atoms with Gasteiger partial charge in [-0.1, -0.05) is 67.7 Å². The first-order chi connectivity index (χ1) is 19.6. The molecule has 2 N–H and O–H groups in total. The number of amidine groups is 1. The van der Waals surface area contributed by atoms with Crippen LogP contribution in [0.3, 0.4) is 0 Å². The monoisotopic (exact) mass is 578 g/mol. The Hall–Kier alpha value is -3.50. The van der Waals surface area contributed by atoms with E-state index in [1.165, 1.54) is 6.07 Å². The van der Waals surface area contributed by atoms with Crippen molar-refractivity contribution in [2.24, 2.45) is 4.99 Å². The number of carbonyl (C=O) groups is 1. The van der Waals surface area contributed by atoms with Gasteiger partial charge < -0.3 is 9.63 Å². The van der Waals surface area contributed by atoms with Gasteiger partial charge in [0.25, 0.3) is 15.9 Å². The molecular weight excluding hydrogens is 540 g/mol. The number of aliphatic hydroxyl groups excluding tert-OH is 1. The van der Waals surface area contributed by atoms with Gasteiger partial charge in [0.2, 0.25) is 0 Å². The second-order valence-electron chi connectivity index (χ2n) is 11.2. The predicted octanol–water partition coefficient (Wildman–Crippen LogP) is 6.06. The fourth-order valence-electron chi connectivity index (χ4n) is 5.80. The van der Waals surface area contributed by atoms with Crippen molar-refractivity contribution in [2.75, 3.05) is 4.72 Å². The van der Waals surface area contributed by atoms with Crippen LogP contribution in [0.25, 0.3) is 11.1 Å². The van der Waals surface area contributed by atoms with Gasteiger partial charge in [0.05, 0.1) is 17.5 Å². The summed E-state index contributed by atoms with van der Waals surface area (Å²) in [5.41, 5.74) is 2.47. The van der Waals surface area contributed by atoms with Crippen LogP contribution in [-0.2, 0) is 21.4 Å². The molecule has 9 nitrogen and oxygen atoms in total. The standard InChI is InChI=1S/C31H38N4O5S/c1-5-6-13-28-32-31(16-9-10-17-31)30(37)35(28)19-23-14-15-24(26(18-23)21(3)36)25-11-7-8-12-27(25)41(38,39)34-29-20(2)22(4)40-33-29/h7-8,11-12,14-15,18,21,36H,5-6,9-10,13,16-17,19H2,1-4H3,(H,33,34). The van der Waals surface area contributed by atoms with Crippen molar-refractivity contribution in [1.82, 2.24) is 10.1 Å². The second kappa shape index (κ2) is 11.4. The van der Waals surface area contributed by atoms with E-state index in [9.17, 15) is 18.3 Å². The second-order valence-corrected chi connectivity index (χ2v) is 12.8. The number of rotatable bonds is 10. The molecule has 218 valence electrons. The number of unbranched alkanes of at least 4 members (excludes halogenated alkanes) is 1. The summed E-state index contributed by atoms with van der Waals surface area (Å²) in [6.07, 6.45) is 5.47. The molecule has 10 heteroatoms. The fraction of sp³-hybridized carbons (Fsp3) is 0.452. The molecule has 1 fully saturated rings. The Morgan fingerprint density at radius 2 is 1.85 bits per heavy atom. The lowest BCUT2D eigenvalue weighted by atomic mass is 9.94. The zero-order chi connectivity index (χ0) is 29.4. The van der Waals surface area contributed by atoms with Gasteiger partial charge in [-0.15, -0.1) is 0 Å². The van der Waals surface area contributed by atoms with E-state index < -0.39 is 21.7 Å². The minimum Gasteiger partial charge on any atom is -0.389 e. The van der Waals surface area contributed by atoms with Crippen molar-refractivity contribution in [3.63, 3.8) is 0 Å². The highest BCUT2D eigenvalue weighted by Gasteiger charge is 2.49. The predicted molar refractivity (Wildman–Crippen MR) is 158 cm³/mol. The van der Waals surface area contributed by atoms with Gasteiger partial charge in [0.1, 0.15) is 17.1 Å². The van der Waals surface area contributed by atoms with Crippen LogP contribution in [0.5, 0.6) is 0 Å². The lowest BCUT2D eigenvalue weighted by Gasteiger charge is -2.24. The highest BCUT2D eigenvalue weighted by atomic mass is 32.2. The molecule has 3 aromatic rings. The largest absolute Gasteiger partial charge is 0.389 e. The number of aryl methyl sites for hydroxylation is 1. The number of anilines is 1. The van der Waals surface area contributed by atoms with E-state index in [2.05, 4.69) is 16.8 Å². The third-order valence-corrected chi connectivity index (χ3v) is 9.64. The molecule has 0 radical (unpaired) electrons. The molecule has 2 heterocycles. The molecule has 0 saturated heterocycles. The number of hydrogen-bond donors (Lipinski definition) is 2. The minimum atomic E-state index is -4.03. The highest BCUT2D eigenvalue weighted by molar-refractivity contribution is 7.92. The molecule has 1 unspecified atom stereocenters. The smallest absolute Gasteiger partial charge is 0.263 e. The van der Waals surface area contributed by atoms with Crippen molar-refractivity contribution >= 4 is 27.6 Å². The number of aromatic nitrogens is 1. The molecule has 0 bridgehead atoms. The first kappa shape index (κ1) is 29.0. The van der Waals surface area contributed by atoms with Crippen molar-refractivity contribution in [1.29, 1.82) is 0 Å².